The minimum absolute atomic E-state index is 0.0392. The molecule has 0 bridgehead atoms. The average molecular weight is 537 g/mol. The summed E-state index contributed by atoms with van der Waals surface area (Å²) in [6, 6.07) is 5.90. The quantitative estimate of drug-likeness (QED) is 0.196. The maximum atomic E-state index is 14.7. The first-order valence-electron chi connectivity index (χ1n) is 12.4. The van der Waals surface area contributed by atoms with Crippen molar-refractivity contribution in [2.75, 3.05) is 33.5 Å². The number of rotatable bonds is 10. The molecule has 4 rings (SSSR count). The third-order valence-corrected chi connectivity index (χ3v) is 8.91. The zero-order chi connectivity index (χ0) is 26.6. The van der Waals surface area contributed by atoms with Crippen LogP contribution in [0, 0.1) is 10.1 Å². The number of non-ortho nitro benzene ring substituents is 1. The van der Waals surface area contributed by atoms with Crippen molar-refractivity contribution in [2.24, 2.45) is 0 Å². The van der Waals surface area contributed by atoms with E-state index < -0.39 is 24.4 Å². The zero-order valence-corrected chi connectivity index (χ0v) is 22.2. The molecule has 2 fully saturated rings. The molecule has 3 atom stereocenters. The molecule has 0 aliphatic carbocycles. The number of hydrogen-bond acceptors (Lipinski definition) is 10. The molecule has 1 N–H and O–H groups in total. The number of nitro benzene ring substituents is 1. The van der Waals surface area contributed by atoms with Crippen molar-refractivity contribution in [3.8, 4) is 0 Å². The minimum Gasteiger partial charge on any atom is -0.466 e. The zero-order valence-electron chi connectivity index (χ0n) is 21.3. The normalized spacial score (nSPS) is 25.6. The van der Waals surface area contributed by atoms with Gasteiger partial charge in [0, 0.05) is 36.7 Å². The van der Waals surface area contributed by atoms with Crippen LogP contribution in [0.2, 0.25) is 0 Å². The number of nitro groups is 1. The number of nitrogens with zero attached hydrogens (tertiary/aromatic N) is 1. The van der Waals surface area contributed by atoms with E-state index in [2.05, 4.69) is 5.32 Å². The summed E-state index contributed by atoms with van der Waals surface area (Å²) in [4.78, 5) is 24.0. The van der Waals surface area contributed by atoms with Gasteiger partial charge in [-0.25, -0.2) is 4.79 Å². The lowest BCUT2D eigenvalue weighted by molar-refractivity contribution is -0.384. The highest BCUT2D eigenvalue weighted by molar-refractivity contribution is 7.58. The van der Waals surface area contributed by atoms with Gasteiger partial charge in [-0.2, -0.15) is 0 Å². The summed E-state index contributed by atoms with van der Waals surface area (Å²) in [5.41, 5.74) is 1.36. The van der Waals surface area contributed by atoms with Crippen molar-refractivity contribution in [2.45, 2.75) is 57.7 Å². The third kappa shape index (κ3) is 6.13. The van der Waals surface area contributed by atoms with Crippen LogP contribution in [0.5, 0.6) is 0 Å². The molecule has 37 heavy (non-hydrogen) atoms. The highest BCUT2D eigenvalue weighted by Gasteiger charge is 2.46. The molecular formula is C25H33N2O9P. The van der Waals surface area contributed by atoms with Gasteiger partial charge in [-0.05, 0) is 45.1 Å². The Bertz CT molecular complexity index is 1110. The van der Waals surface area contributed by atoms with E-state index in [1.54, 1.807) is 19.9 Å². The van der Waals surface area contributed by atoms with Gasteiger partial charge in [0.1, 0.15) is 0 Å². The maximum absolute atomic E-state index is 14.7. The van der Waals surface area contributed by atoms with E-state index in [9.17, 15) is 19.5 Å². The molecule has 0 radical (unpaired) electrons. The molecule has 3 heterocycles. The van der Waals surface area contributed by atoms with Crippen molar-refractivity contribution in [1.29, 1.82) is 0 Å². The summed E-state index contributed by atoms with van der Waals surface area (Å²) in [7, 11) is -2.84. The fraction of sp³-hybridized carbons (Fsp3) is 0.560. The van der Waals surface area contributed by atoms with Gasteiger partial charge in [-0.3, -0.25) is 14.7 Å². The first-order chi connectivity index (χ1) is 17.7. The fourth-order valence-corrected chi connectivity index (χ4v) is 7.10. The molecule has 1 aromatic rings. The van der Waals surface area contributed by atoms with Crippen LogP contribution in [0.25, 0.3) is 0 Å². The second kappa shape index (κ2) is 11.9. The number of hydrogen-bond donors (Lipinski definition) is 1. The van der Waals surface area contributed by atoms with Gasteiger partial charge in [0.05, 0.1) is 54.3 Å². The van der Waals surface area contributed by atoms with Crippen LogP contribution in [-0.2, 0) is 32.6 Å². The SMILES string of the molecule is COC(=O)C1=C(C)NC(C)=C(P(=O)(OCC2CCCO2)OCC2CCCO2)C1c1cccc([N+](=O)[O-])c1. The van der Waals surface area contributed by atoms with Gasteiger partial charge in [0.2, 0.25) is 0 Å². The van der Waals surface area contributed by atoms with Crippen molar-refractivity contribution in [3.63, 3.8) is 0 Å². The maximum Gasteiger partial charge on any atom is 0.360 e. The first kappa shape index (κ1) is 27.5. The smallest absolute Gasteiger partial charge is 0.360 e. The Balaban J connectivity index is 1.80. The van der Waals surface area contributed by atoms with E-state index in [1.807, 2.05) is 0 Å². The van der Waals surface area contributed by atoms with Gasteiger partial charge in [-0.1, -0.05) is 12.1 Å². The summed E-state index contributed by atoms with van der Waals surface area (Å²) in [5.74, 6) is -1.62. The highest BCUT2D eigenvalue weighted by atomic mass is 31.2. The van der Waals surface area contributed by atoms with Crippen molar-refractivity contribution in [3.05, 3.63) is 62.2 Å². The Hall–Kier alpha value is -2.56. The van der Waals surface area contributed by atoms with Crippen molar-refractivity contribution < 1.29 is 37.5 Å². The third-order valence-electron chi connectivity index (χ3n) is 6.75. The Morgan fingerprint density at radius 3 is 2.24 bits per heavy atom. The lowest BCUT2D eigenvalue weighted by atomic mass is 9.86. The van der Waals surface area contributed by atoms with Gasteiger partial charge in [-0.15, -0.1) is 0 Å². The standard InChI is InChI=1S/C25H33N2O9P/c1-16-22(25(28)32-3)23(18-7-4-8-19(13-18)27(29)30)24(17(2)26-16)37(31,35-14-20-9-5-11-33-20)36-15-21-10-6-12-34-21/h4,7-8,13,20-21,23,26H,5-6,9-12,14-15H2,1-3H3. The van der Waals surface area contributed by atoms with E-state index in [0.717, 1.165) is 25.7 Å². The number of ether oxygens (including phenoxy) is 3. The van der Waals surface area contributed by atoms with Crippen LogP contribution in [0.15, 0.2) is 46.5 Å². The number of benzene rings is 1. The number of carbonyl (C=O) groups excluding carboxylic acids is 1. The number of esters is 1. The van der Waals surface area contributed by atoms with E-state index in [4.69, 9.17) is 23.3 Å². The second-order valence-corrected chi connectivity index (χ2v) is 11.3. The molecule has 12 heteroatoms. The molecule has 3 aliphatic heterocycles. The Kier molecular flexibility index (Phi) is 8.82. The van der Waals surface area contributed by atoms with Crippen LogP contribution >= 0.6 is 7.60 Å². The van der Waals surface area contributed by atoms with Gasteiger partial charge in [0.15, 0.2) is 0 Å². The topological polar surface area (TPSA) is 135 Å². The summed E-state index contributed by atoms with van der Waals surface area (Å²) in [6.07, 6.45) is 2.83. The highest BCUT2D eigenvalue weighted by Crippen LogP contribution is 2.64. The lowest BCUT2D eigenvalue weighted by Crippen LogP contribution is -2.30. The molecule has 0 aromatic heterocycles. The molecule has 11 nitrogen and oxygen atoms in total. The van der Waals surface area contributed by atoms with Crippen LogP contribution in [0.3, 0.4) is 0 Å². The van der Waals surface area contributed by atoms with E-state index >= 15 is 0 Å². The molecule has 0 saturated carbocycles. The summed E-state index contributed by atoms with van der Waals surface area (Å²) in [6.45, 7) is 4.69. The second-order valence-electron chi connectivity index (χ2n) is 9.31. The summed E-state index contributed by atoms with van der Waals surface area (Å²) < 4.78 is 43.2. The van der Waals surface area contributed by atoms with E-state index in [0.29, 0.717) is 30.2 Å². The molecule has 0 amide bonds. The summed E-state index contributed by atoms with van der Waals surface area (Å²) >= 11 is 0. The predicted molar refractivity (Wildman–Crippen MR) is 134 cm³/mol. The van der Waals surface area contributed by atoms with Crippen molar-refractivity contribution in [1.82, 2.24) is 5.32 Å². The number of methoxy groups -OCH3 is 1. The lowest BCUT2D eigenvalue weighted by Gasteiger charge is -2.35. The van der Waals surface area contributed by atoms with Crippen molar-refractivity contribution >= 4 is 19.3 Å². The van der Waals surface area contributed by atoms with E-state index in [-0.39, 0.29) is 42.0 Å². The Labute approximate surface area is 215 Å². The Morgan fingerprint density at radius 1 is 1.11 bits per heavy atom. The molecule has 3 aliphatic rings. The Morgan fingerprint density at radius 2 is 1.73 bits per heavy atom. The van der Waals surface area contributed by atoms with Crippen LogP contribution < -0.4 is 5.32 Å². The fourth-order valence-electron chi connectivity index (χ4n) is 4.96. The summed E-state index contributed by atoms with van der Waals surface area (Å²) in [5, 5.41) is 14.9. The minimum atomic E-state index is -4.08. The molecule has 3 unspecified atom stereocenters. The number of allylic oxidation sites excluding steroid dienone is 3. The van der Waals surface area contributed by atoms with Crippen LogP contribution in [-0.4, -0.2) is 56.6 Å². The predicted octanol–water partition coefficient (Wildman–Crippen LogP) is 4.54. The van der Waals surface area contributed by atoms with Crippen LogP contribution in [0.1, 0.15) is 51.0 Å². The van der Waals surface area contributed by atoms with Crippen LogP contribution in [0.4, 0.5) is 5.69 Å². The molecular weight excluding hydrogens is 503 g/mol. The van der Waals surface area contributed by atoms with Gasteiger partial charge < -0.3 is 28.6 Å². The van der Waals surface area contributed by atoms with Gasteiger partial charge >= 0.3 is 13.6 Å². The monoisotopic (exact) mass is 536 g/mol. The first-order valence-corrected chi connectivity index (χ1v) is 13.9. The molecule has 2 saturated heterocycles. The average Bonchev–Trinajstić information content (AvgIpc) is 3.60. The van der Waals surface area contributed by atoms with Gasteiger partial charge in [0.25, 0.3) is 5.69 Å². The number of carbonyl (C=O) groups is 1. The molecule has 0 spiro atoms. The number of dihydropyridines is 1. The molecule has 1 aromatic carbocycles. The van der Waals surface area contributed by atoms with E-state index in [1.165, 1.54) is 25.3 Å². The number of nitrogens with one attached hydrogen (secondary N) is 1. The molecule has 202 valence electrons. The largest absolute Gasteiger partial charge is 0.466 e.